The van der Waals surface area contributed by atoms with Gasteiger partial charge in [0.05, 0.1) is 17.9 Å². The van der Waals surface area contributed by atoms with Gasteiger partial charge >= 0.3 is 0 Å². The standard InChI is InChI=1S/C19H20N6O/c1-13-8-14(2)10-16(9-13)19-22-12-25(24-19)7-4-18(26)23-15(3)17-11-20-5-6-21-17/h4-12,15H,1-3H3,(H,23,26)/b7-4-. The summed E-state index contributed by atoms with van der Waals surface area (Å²) >= 11 is 0. The molecule has 3 rings (SSSR count). The minimum atomic E-state index is -0.244. The van der Waals surface area contributed by atoms with Crippen molar-refractivity contribution in [1.82, 2.24) is 30.0 Å². The Kier molecular flexibility index (Phi) is 5.17. The number of aromatic nitrogens is 5. The van der Waals surface area contributed by atoms with Gasteiger partial charge < -0.3 is 5.32 Å². The molecule has 0 aliphatic rings. The van der Waals surface area contributed by atoms with E-state index in [-0.39, 0.29) is 11.9 Å². The van der Waals surface area contributed by atoms with Crippen molar-refractivity contribution in [3.63, 3.8) is 0 Å². The highest BCUT2D eigenvalue weighted by atomic mass is 16.1. The number of rotatable bonds is 5. The van der Waals surface area contributed by atoms with Crippen molar-refractivity contribution in [1.29, 1.82) is 0 Å². The van der Waals surface area contributed by atoms with Crippen molar-refractivity contribution in [2.45, 2.75) is 26.8 Å². The Morgan fingerprint density at radius 2 is 1.92 bits per heavy atom. The average Bonchev–Trinajstić information content (AvgIpc) is 3.09. The van der Waals surface area contributed by atoms with E-state index in [1.807, 2.05) is 32.9 Å². The van der Waals surface area contributed by atoms with Crippen LogP contribution in [0.2, 0.25) is 0 Å². The number of carbonyl (C=O) groups is 1. The molecule has 2 heterocycles. The zero-order valence-electron chi connectivity index (χ0n) is 14.9. The first-order valence-corrected chi connectivity index (χ1v) is 8.25. The highest BCUT2D eigenvalue weighted by Gasteiger charge is 2.09. The van der Waals surface area contributed by atoms with Gasteiger partial charge in [0.2, 0.25) is 5.91 Å². The molecule has 0 fully saturated rings. The fourth-order valence-corrected chi connectivity index (χ4v) is 2.60. The normalized spacial score (nSPS) is 12.3. The molecular formula is C19H20N6O. The van der Waals surface area contributed by atoms with Crippen molar-refractivity contribution in [3.8, 4) is 11.4 Å². The number of nitrogens with one attached hydrogen (secondary N) is 1. The number of hydrogen-bond donors (Lipinski definition) is 1. The lowest BCUT2D eigenvalue weighted by Crippen LogP contribution is -2.25. The topological polar surface area (TPSA) is 85.6 Å². The lowest BCUT2D eigenvalue weighted by molar-refractivity contribution is -0.117. The quantitative estimate of drug-likeness (QED) is 0.717. The lowest BCUT2D eigenvalue weighted by atomic mass is 10.1. The second-order valence-electron chi connectivity index (χ2n) is 6.10. The summed E-state index contributed by atoms with van der Waals surface area (Å²) in [6.07, 6.45) is 9.36. The van der Waals surface area contributed by atoms with Crippen LogP contribution in [-0.2, 0) is 4.79 Å². The van der Waals surface area contributed by atoms with Crippen molar-refractivity contribution >= 4 is 12.1 Å². The van der Waals surface area contributed by atoms with E-state index in [0.717, 1.165) is 16.7 Å². The van der Waals surface area contributed by atoms with E-state index in [9.17, 15) is 4.79 Å². The molecule has 2 aromatic heterocycles. The smallest absolute Gasteiger partial charge is 0.246 e. The van der Waals surface area contributed by atoms with Crippen LogP contribution in [0.15, 0.2) is 49.2 Å². The summed E-state index contributed by atoms with van der Waals surface area (Å²) in [6, 6.07) is 5.93. The highest BCUT2D eigenvalue weighted by Crippen LogP contribution is 2.18. The Morgan fingerprint density at radius 1 is 1.15 bits per heavy atom. The molecule has 7 heteroatoms. The van der Waals surface area contributed by atoms with E-state index in [2.05, 4.69) is 31.4 Å². The molecule has 0 aliphatic heterocycles. The Balaban J connectivity index is 1.65. The molecule has 0 saturated heterocycles. The highest BCUT2D eigenvalue weighted by molar-refractivity contribution is 5.90. The maximum atomic E-state index is 12.1. The minimum Gasteiger partial charge on any atom is -0.344 e. The van der Waals surface area contributed by atoms with Crippen LogP contribution in [0.1, 0.15) is 29.8 Å². The Labute approximate surface area is 151 Å². The zero-order chi connectivity index (χ0) is 18.5. The first-order chi connectivity index (χ1) is 12.5. The molecule has 26 heavy (non-hydrogen) atoms. The summed E-state index contributed by atoms with van der Waals surface area (Å²) < 4.78 is 1.51. The molecule has 0 bridgehead atoms. The summed E-state index contributed by atoms with van der Waals surface area (Å²) in [5.74, 6) is 0.376. The van der Waals surface area contributed by atoms with Crippen LogP contribution in [-0.4, -0.2) is 30.6 Å². The first kappa shape index (κ1) is 17.5. The largest absolute Gasteiger partial charge is 0.344 e. The van der Waals surface area contributed by atoms with Crippen LogP contribution in [0.5, 0.6) is 0 Å². The van der Waals surface area contributed by atoms with Gasteiger partial charge in [0.1, 0.15) is 6.33 Å². The van der Waals surface area contributed by atoms with Gasteiger partial charge in [-0.25, -0.2) is 9.67 Å². The van der Waals surface area contributed by atoms with E-state index in [0.29, 0.717) is 11.5 Å². The van der Waals surface area contributed by atoms with Gasteiger partial charge in [-0.15, -0.1) is 5.10 Å². The Hall–Kier alpha value is -3.35. The summed E-state index contributed by atoms with van der Waals surface area (Å²) in [7, 11) is 0. The van der Waals surface area contributed by atoms with Gasteiger partial charge in [0.25, 0.3) is 0 Å². The molecule has 1 atom stereocenters. The summed E-state index contributed by atoms with van der Waals surface area (Å²) in [4.78, 5) is 24.5. The molecule has 0 saturated carbocycles. The van der Waals surface area contributed by atoms with Crippen molar-refractivity contribution < 1.29 is 4.79 Å². The van der Waals surface area contributed by atoms with Crippen LogP contribution in [0.3, 0.4) is 0 Å². The number of amides is 1. The van der Waals surface area contributed by atoms with Gasteiger partial charge in [0, 0.05) is 30.2 Å². The van der Waals surface area contributed by atoms with E-state index >= 15 is 0 Å². The maximum Gasteiger partial charge on any atom is 0.246 e. The third-order valence-electron chi connectivity index (χ3n) is 3.75. The fourth-order valence-electron chi connectivity index (χ4n) is 2.60. The number of aryl methyl sites for hydroxylation is 2. The minimum absolute atomic E-state index is 0.234. The zero-order valence-corrected chi connectivity index (χ0v) is 14.9. The summed E-state index contributed by atoms with van der Waals surface area (Å²) in [5.41, 5.74) is 3.97. The molecule has 1 aromatic carbocycles. The van der Waals surface area contributed by atoms with Gasteiger partial charge in [0.15, 0.2) is 5.82 Å². The first-order valence-electron chi connectivity index (χ1n) is 8.25. The van der Waals surface area contributed by atoms with Crippen LogP contribution < -0.4 is 5.32 Å². The van der Waals surface area contributed by atoms with E-state index < -0.39 is 0 Å². The molecule has 132 valence electrons. The van der Waals surface area contributed by atoms with Crippen molar-refractivity contribution in [3.05, 3.63) is 66.0 Å². The van der Waals surface area contributed by atoms with Crippen LogP contribution >= 0.6 is 0 Å². The predicted molar refractivity (Wildman–Crippen MR) is 98.9 cm³/mol. The number of hydrogen-bond acceptors (Lipinski definition) is 5. The van der Waals surface area contributed by atoms with Gasteiger partial charge in [-0.2, -0.15) is 0 Å². The molecule has 1 unspecified atom stereocenters. The van der Waals surface area contributed by atoms with Gasteiger partial charge in [-0.3, -0.25) is 14.8 Å². The molecule has 3 aromatic rings. The van der Waals surface area contributed by atoms with Gasteiger partial charge in [-0.1, -0.05) is 17.2 Å². The van der Waals surface area contributed by atoms with E-state index in [4.69, 9.17) is 0 Å². The summed E-state index contributed by atoms with van der Waals surface area (Å²) in [6.45, 7) is 5.93. The maximum absolute atomic E-state index is 12.1. The molecule has 1 amide bonds. The Bertz CT molecular complexity index is 912. The lowest BCUT2D eigenvalue weighted by Gasteiger charge is -2.10. The van der Waals surface area contributed by atoms with Crippen molar-refractivity contribution in [2.24, 2.45) is 0 Å². The molecule has 1 N–H and O–H groups in total. The van der Waals surface area contributed by atoms with Crippen molar-refractivity contribution in [2.75, 3.05) is 0 Å². The van der Waals surface area contributed by atoms with Crippen LogP contribution in [0, 0.1) is 13.8 Å². The van der Waals surface area contributed by atoms with E-state index in [1.54, 1.807) is 31.1 Å². The molecule has 0 radical (unpaired) electrons. The predicted octanol–water partition coefficient (Wildman–Crippen LogP) is 2.70. The third kappa shape index (κ3) is 4.38. The third-order valence-corrected chi connectivity index (χ3v) is 3.75. The Morgan fingerprint density at radius 3 is 2.62 bits per heavy atom. The SMILES string of the molecule is Cc1cc(C)cc(-c2ncn(/C=C\C(=O)NC(C)c3cnccn3)n2)c1. The van der Waals surface area contributed by atoms with Crippen LogP contribution in [0.4, 0.5) is 0 Å². The summed E-state index contributed by atoms with van der Waals surface area (Å²) in [5, 5.41) is 7.22. The molecule has 0 aliphatic carbocycles. The number of carbonyl (C=O) groups excluding carboxylic acids is 1. The van der Waals surface area contributed by atoms with Crippen LogP contribution in [0.25, 0.3) is 17.6 Å². The monoisotopic (exact) mass is 348 g/mol. The second-order valence-corrected chi connectivity index (χ2v) is 6.10. The second kappa shape index (κ2) is 7.69. The molecule has 7 nitrogen and oxygen atoms in total. The van der Waals surface area contributed by atoms with Gasteiger partial charge in [-0.05, 0) is 32.9 Å². The fraction of sp³-hybridized carbons (Fsp3) is 0.211. The molecule has 0 spiro atoms. The average molecular weight is 348 g/mol. The number of benzene rings is 1. The van der Waals surface area contributed by atoms with E-state index in [1.165, 1.54) is 10.8 Å². The molecular weight excluding hydrogens is 328 g/mol. The number of nitrogens with zero attached hydrogens (tertiary/aromatic N) is 5.